The Kier molecular flexibility index (Phi) is 5.93. The highest BCUT2D eigenvalue weighted by molar-refractivity contribution is 7.89. The summed E-state index contributed by atoms with van der Waals surface area (Å²) in [5.41, 5.74) is -0.0142. The second-order valence-electron chi connectivity index (χ2n) is 8.80. The molecule has 1 amide bonds. The summed E-state index contributed by atoms with van der Waals surface area (Å²) >= 11 is 0. The second kappa shape index (κ2) is 7.89. The van der Waals surface area contributed by atoms with Crippen molar-refractivity contribution in [3.8, 4) is 0 Å². The number of carbonyl (C=O) groups is 1. The highest BCUT2D eigenvalue weighted by Gasteiger charge is 2.27. The first kappa shape index (κ1) is 20.3. The number of carbonyl (C=O) groups excluding carboxylic acids is 1. The number of sulfonamides is 1. The standard InChI is InChI=1S/C20H31N3O3S/c1-20(2,3)22-27(25,26)18-8-6-16(7-9-18)19(24)23-12-10-17(11-13-23)21-14-15-4-5-15/h6-9,15,17,21-22H,4-5,10-14H2,1-3H3. The maximum absolute atomic E-state index is 12.7. The third kappa shape index (κ3) is 5.77. The van der Waals surface area contributed by atoms with Crippen LogP contribution in [0.2, 0.25) is 0 Å². The molecule has 2 fully saturated rings. The fourth-order valence-electron chi connectivity index (χ4n) is 3.36. The first-order chi connectivity index (χ1) is 12.6. The van der Waals surface area contributed by atoms with Crippen LogP contribution in [-0.4, -0.2) is 50.4 Å². The fraction of sp³-hybridized carbons (Fsp3) is 0.650. The molecule has 2 aliphatic rings. The summed E-state index contributed by atoms with van der Waals surface area (Å²) < 4.78 is 27.4. The van der Waals surface area contributed by atoms with Gasteiger partial charge in [-0.3, -0.25) is 4.79 Å². The molecule has 150 valence electrons. The number of amides is 1. The van der Waals surface area contributed by atoms with E-state index in [9.17, 15) is 13.2 Å². The molecular formula is C20H31N3O3S. The Balaban J connectivity index is 1.56. The van der Waals surface area contributed by atoms with Crippen LogP contribution in [0.5, 0.6) is 0 Å². The number of nitrogens with one attached hydrogen (secondary N) is 2. The lowest BCUT2D eigenvalue weighted by Gasteiger charge is -2.32. The highest BCUT2D eigenvalue weighted by Crippen LogP contribution is 2.28. The van der Waals surface area contributed by atoms with E-state index < -0.39 is 15.6 Å². The van der Waals surface area contributed by atoms with Crippen molar-refractivity contribution in [1.29, 1.82) is 0 Å². The lowest BCUT2D eigenvalue weighted by atomic mass is 10.0. The first-order valence-electron chi connectivity index (χ1n) is 9.81. The molecule has 1 aromatic carbocycles. The molecule has 0 aromatic heterocycles. The lowest BCUT2D eigenvalue weighted by molar-refractivity contribution is 0.0705. The van der Waals surface area contributed by atoms with Crippen LogP contribution in [0.4, 0.5) is 0 Å². The summed E-state index contributed by atoms with van der Waals surface area (Å²) in [6.45, 7) is 7.99. The molecule has 0 unspecified atom stereocenters. The molecular weight excluding hydrogens is 362 g/mol. The van der Waals surface area contributed by atoms with Crippen molar-refractivity contribution in [2.24, 2.45) is 5.92 Å². The van der Waals surface area contributed by atoms with Crippen LogP contribution in [0.25, 0.3) is 0 Å². The molecule has 3 rings (SSSR count). The van der Waals surface area contributed by atoms with E-state index in [2.05, 4.69) is 10.0 Å². The van der Waals surface area contributed by atoms with Crippen molar-refractivity contribution in [2.75, 3.05) is 19.6 Å². The summed E-state index contributed by atoms with van der Waals surface area (Å²) in [6, 6.07) is 6.73. The predicted molar refractivity (Wildman–Crippen MR) is 106 cm³/mol. The molecule has 1 aliphatic carbocycles. The molecule has 1 aromatic rings. The van der Waals surface area contributed by atoms with Gasteiger partial charge in [0.05, 0.1) is 4.90 Å². The Labute approximate surface area is 162 Å². The van der Waals surface area contributed by atoms with Gasteiger partial charge in [-0.05, 0) is 83.2 Å². The minimum Gasteiger partial charge on any atom is -0.339 e. The number of likely N-dealkylation sites (tertiary alicyclic amines) is 1. The van der Waals surface area contributed by atoms with Crippen LogP contribution < -0.4 is 10.0 Å². The van der Waals surface area contributed by atoms with Gasteiger partial charge in [-0.1, -0.05) is 0 Å². The normalized spacial score (nSPS) is 19.3. The topological polar surface area (TPSA) is 78.5 Å². The largest absolute Gasteiger partial charge is 0.339 e. The average molecular weight is 394 g/mol. The molecule has 1 saturated heterocycles. The molecule has 0 radical (unpaired) electrons. The maximum atomic E-state index is 12.7. The van der Waals surface area contributed by atoms with E-state index in [0.29, 0.717) is 11.6 Å². The van der Waals surface area contributed by atoms with Crippen molar-refractivity contribution in [2.45, 2.75) is 62.9 Å². The third-order valence-corrected chi connectivity index (χ3v) is 6.80. The van der Waals surface area contributed by atoms with Crippen molar-refractivity contribution in [1.82, 2.24) is 14.9 Å². The number of piperidine rings is 1. The van der Waals surface area contributed by atoms with E-state index in [4.69, 9.17) is 0 Å². The number of hydrogen-bond acceptors (Lipinski definition) is 4. The minimum absolute atomic E-state index is 0.0247. The highest BCUT2D eigenvalue weighted by atomic mass is 32.2. The average Bonchev–Trinajstić information content (AvgIpc) is 3.42. The Hall–Kier alpha value is -1.44. The smallest absolute Gasteiger partial charge is 0.253 e. The monoisotopic (exact) mass is 393 g/mol. The summed E-state index contributed by atoms with van der Waals surface area (Å²) in [4.78, 5) is 14.8. The quantitative estimate of drug-likeness (QED) is 0.778. The van der Waals surface area contributed by atoms with E-state index >= 15 is 0 Å². The van der Waals surface area contributed by atoms with Gasteiger partial charge in [-0.15, -0.1) is 0 Å². The van der Waals surface area contributed by atoms with Gasteiger partial charge in [0.1, 0.15) is 0 Å². The summed E-state index contributed by atoms with van der Waals surface area (Å²) in [6.07, 6.45) is 4.64. The molecule has 2 N–H and O–H groups in total. The summed E-state index contributed by atoms with van der Waals surface area (Å²) in [5.74, 6) is 0.843. The van der Waals surface area contributed by atoms with Crippen LogP contribution in [0.15, 0.2) is 29.2 Å². The van der Waals surface area contributed by atoms with E-state index in [1.165, 1.54) is 25.0 Å². The van der Waals surface area contributed by atoms with E-state index in [0.717, 1.165) is 38.4 Å². The van der Waals surface area contributed by atoms with Crippen LogP contribution in [0, 0.1) is 5.92 Å². The van der Waals surface area contributed by atoms with Gasteiger partial charge in [0.15, 0.2) is 0 Å². The van der Waals surface area contributed by atoms with Gasteiger partial charge in [-0.2, -0.15) is 0 Å². The fourth-order valence-corrected chi connectivity index (χ4v) is 4.78. The third-order valence-electron chi connectivity index (χ3n) is 5.03. The lowest BCUT2D eigenvalue weighted by Crippen LogP contribution is -2.45. The number of nitrogens with zero attached hydrogens (tertiary/aromatic N) is 1. The molecule has 0 bridgehead atoms. The van der Waals surface area contributed by atoms with Crippen molar-refractivity contribution >= 4 is 15.9 Å². The van der Waals surface area contributed by atoms with Crippen LogP contribution in [0.1, 0.15) is 56.8 Å². The molecule has 0 spiro atoms. The predicted octanol–water partition coefficient (Wildman–Crippen LogP) is 2.37. The summed E-state index contributed by atoms with van der Waals surface area (Å²) in [5, 5.41) is 3.61. The molecule has 6 nitrogen and oxygen atoms in total. The van der Waals surface area contributed by atoms with Gasteiger partial charge in [-0.25, -0.2) is 13.1 Å². The molecule has 1 saturated carbocycles. The molecule has 27 heavy (non-hydrogen) atoms. The Morgan fingerprint density at radius 3 is 2.19 bits per heavy atom. The molecule has 0 atom stereocenters. The number of hydrogen-bond donors (Lipinski definition) is 2. The second-order valence-corrected chi connectivity index (χ2v) is 10.5. The number of benzene rings is 1. The first-order valence-corrected chi connectivity index (χ1v) is 11.3. The molecule has 1 aliphatic heterocycles. The van der Waals surface area contributed by atoms with Gasteiger partial charge in [0, 0.05) is 30.2 Å². The molecule has 1 heterocycles. The van der Waals surface area contributed by atoms with E-state index in [1.54, 1.807) is 32.9 Å². The summed E-state index contributed by atoms with van der Waals surface area (Å²) in [7, 11) is -3.58. The van der Waals surface area contributed by atoms with Crippen molar-refractivity contribution in [3.63, 3.8) is 0 Å². The maximum Gasteiger partial charge on any atom is 0.253 e. The zero-order valence-corrected chi connectivity index (χ0v) is 17.3. The van der Waals surface area contributed by atoms with E-state index in [-0.39, 0.29) is 10.8 Å². The zero-order chi connectivity index (χ0) is 19.7. The Morgan fingerprint density at radius 1 is 1.07 bits per heavy atom. The molecule has 7 heteroatoms. The number of rotatable bonds is 6. The van der Waals surface area contributed by atoms with Gasteiger partial charge >= 0.3 is 0 Å². The minimum atomic E-state index is -3.58. The van der Waals surface area contributed by atoms with Gasteiger partial charge < -0.3 is 10.2 Å². The van der Waals surface area contributed by atoms with Crippen molar-refractivity contribution < 1.29 is 13.2 Å². The Morgan fingerprint density at radius 2 is 1.67 bits per heavy atom. The van der Waals surface area contributed by atoms with E-state index in [1.807, 2.05) is 4.90 Å². The van der Waals surface area contributed by atoms with Gasteiger partial charge in [0.25, 0.3) is 5.91 Å². The SMILES string of the molecule is CC(C)(C)NS(=O)(=O)c1ccc(C(=O)N2CCC(NCC3CC3)CC2)cc1. The Bertz CT molecular complexity index is 757. The van der Waals surface area contributed by atoms with Gasteiger partial charge in [0.2, 0.25) is 10.0 Å². The van der Waals surface area contributed by atoms with Crippen LogP contribution in [-0.2, 0) is 10.0 Å². The van der Waals surface area contributed by atoms with Crippen LogP contribution in [0.3, 0.4) is 0 Å². The van der Waals surface area contributed by atoms with Crippen LogP contribution >= 0.6 is 0 Å². The zero-order valence-electron chi connectivity index (χ0n) is 16.5. The van der Waals surface area contributed by atoms with Crippen molar-refractivity contribution in [3.05, 3.63) is 29.8 Å².